The summed E-state index contributed by atoms with van der Waals surface area (Å²) >= 11 is 0. The van der Waals surface area contributed by atoms with Crippen LogP contribution < -0.4 is 15.8 Å². The first-order valence-corrected chi connectivity index (χ1v) is 7.19. The average Bonchev–Trinajstić information content (AvgIpc) is 2.36. The Bertz CT molecular complexity index is 552. The largest absolute Gasteiger partial charge is 0.493 e. The van der Waals surface area contributed by atoms with E-state index in [2.05, 4.69) is 5.32 Å². The van der Waals surface area contributed by atoms with Crippen LogP contribution in [0.3, 0.4) is 0 Å². The monoisotopic (exact) mass is 294 g/mol. The van der Waals surface area contributed by atoms with Crippen LogP contribution in [-0.2, 0) is 4.79 Å². The van der Waals surface area contributed by atoms with Crippen LogP contribution in [0.1, 0.15) is 57.3 Å². The van der Waals surface area contributed by atoms with Gasteiger partial charge in [0.25, 0.3) is 0 Å². The number of hydrogen-bond donors (Lipinski definition) is 2. The van der Waals surface area contributed by atoms with Crippen molar-refractivity contribution < 1.29 is 13.9 Å². The van der Waals surface area contributed by atoms with Gasteiger partial charge in [-0.1, -0.05) is 20.8 Å². The molecule has 2 atom stereocenters. The second kappa shape index (κ2) is 5.64. The van der Waals surface area contributed by atoms with Gasteiger partial charge in [-0.3, -0.25) is 4.79 Å². The lowest BCUT2D eigenvalue weighted by atomic mass is 9.81. The third-order valence-electron chi connectivity index (χ3n) is 3.79. The topological polar surface area (TPSA) is 64.3 Å². The molecule has 2 rings (SSSR count). The first kappa shape index (κ1) is 15.8. The lowest BCUT2D eigenvalue weighted by Gasteiger charge is -2.33. The molecule has 1 aliphatic rings. The summed E-state index contributed by atoms with van der Waals surface area (Å²) in [6, 6.07) is 2.28. The van der Waals surface area contributed by atoms with Gasteiger partial charge < -0.3 is 15.8 Å². The molecule has 0 fully saturated rings. The van der Waals surface area contributed by atoms with Gasteiger partial charge in [0.15, 0.2) is 0 Å². The second-order valence-electron chi connectivity index (χ2n) is 6.65. The highest BCUT2D eigenvalue weighted by atomic mass is 19.1. The van der Waals surface area contributed by atoms with Crippen LogP contribution in [0, 0.1) is 11.2 Å². The number of fused-ring (bicyclic) bond motifs is 1. The van der Waals surface area contributed by atoms with E-state index in [4.69, 9.17) is 10.5 Å². The highest BCUT2D eigenvalue weighted by molar-refractivity contribution is 5.73. The van der Waals surface area contributed by atoms with E-state index in [9.17, 15) is 9.18 Å². The highest BCUT2D eigenvalue weighted by Crippen LogP contribution is 2.42. The highest BCUT2D eigenvalue weighted by Gasteiger charge is 2.31. The van der Waals surface area contributed by atoms with Gasteiger partial charge in [0.05, 0.1) is 12.6 Å². The van der Waals surface area contributed by atoms with Gasteiger partial charge in [-0.05, 0) is 17.5 Å². The Morgan fingerprint density at radius 1 is 1.48 bits per heavy atom. The molecule has 0 bridgehead atoms. The van der Waals surface area contributed by atoms with E-state index < -0.39 is 0 Å². The second-order valence-corrected chi connectivity index (χ2v) is 6.65. The van der Waals surface area contributed by atoms with E-state index in [1.165, 1.54) is 19.1 Å². The minimum Gasteiger partial charge on any atom is -0.493 e. The summed E-state index contributed by atoms with van der Waals surface area (Å²) in [4.78, 5) is 11.3. The number of ether oxygens (including phenoxy) is 1. The number of rotatable bonds is 2. The van der Waals surface area contributed by atoms with Crippen LogP contribution >= 0.6 is 0 Å². The number of hydrogen-bond acceptors (Lipinski definition) is 3. The van der Waals surface area contributed by atoms with Crippen molar-refractivity contribution >= 4 is 5.91 Å². The van der Waals surface area contributed by atoms with Gasteiger partial charge in [0.1, 0.15) is 11.6 Å². The Hall–Kier alpha value is -1.62. The summed E-state index contributed by atoms with van der Waals surface area (Å²) in [5, 5.41) is 2.84. The number of nitrogens with one attached hydrogen (secondary N) is 1. The Morgan fingerprint density at radius 3 is 2.71 bits per heavy atom. The Kier molecular flexibility index (Phi) is 4.23. The standard InChI is InChI=1S/C16H23FN2O2/c1-9(20)19-13-5-6-21-14-11(13)7-10(17)8-12(14)15(18)16(2,3)4/h7-8,13,15H,5-6,18H2,1-4H3,(H,19,20). The number of carbonyl (C=O) groups is 1. The minimum absolute atomic E-state index is 0.140. The van der Waals surface area contributed by atoms with Crippen LogP contribution in [0.4, 0.5) is 4.39 Å². The molecule has 0 spiro atoms. The number of amides is 1. The average molecular weight is 294 g/mol. The summed E-state index contributed by atoms with van der Waals surface area (Å²) in [7, 11) is 0. The summed E-state index contributed by atoms with van der Waals surface area (Å²) in [5.41, 5.74) is 7.39. The smallest absolute Gasteiger partial charge is 0.217 e. The molecule has 1 aromatic carbocycles. The van der Waals surface area contributed by atoms with E-state index in [0.717, 1.165) is 0 Å². The molecule has 0 saturated heterocycles. The predicted molar refractivity (Wildman–Crippen MR) is 79.5 cm³/mol. The maximum Gasteiger partial charge on any atom is 0.217 e. The molecule has 0 saturated carbocycles. The molecule has 1 amide bonds. The molecule has 0 radical (unpaired) electrons. The fraction of sp³-hybridized carbons (Fsp3) is 0.562. The van der Waals surface area contributed by atoms with Gasteiger partial charge >= 0.3 is 0 Å². The zero-order valence-corrected chi connectivity index (χ0v) is 13.0. The SMILES string of the molecule is CC(=O)NC1CCOc2c1cc(F)cc2C(N)C(C)(C)C. The van der Waals surface area contributed by atoms with Crippen molar-refractivity contribution in [2.45, 2.75) is 46.2 Å². The zero-order chi connectivity index (χ0) is 15.8. The molecule has 1 aromatic rings. The summed E-state index contributed by atoms with van der Waals surface area (Å²) in [6.45, 7) is 7.94. The Morgan fingerprint density at radius 2 is 2.14 bits per heavy atom. The third kappa shape index (κ3) is 3.35. The van der Waals surface area contributed by atoms with Gasteiger partial charge in [0, 0.05) is 30.5 Å². The summed E-state index contributed by atoms with van der Waals surface area (Å²) in [6.07, 6.45) is 0.625. The van der Waals surface area contributed by atoms with Crippen LogP contribution in [0.15, 0.2) is 12.1 Å². The molecule has 4 nitrogen and oxygen atoms in total. The number of halogens is 1. The summed E-state index contributed by atoms with van der Waals surface area (Å²) in [5.74, 6) is 0.118. The molecule has 0 aromatic heterocycles. The van der Waals surface area contributed by atoms with Crippen molar-refractivity contribution in [3.8, 4) is 5.75 Å². The third-order valence-corrected chi connectivity index (χ3v) is 3.79. The lowest BCUT2D eigenvalue weighted by molar-refractivity contribution is -0.119. The molecule has 1 aliphatic heterocycles. The minimum atomic E-state index is -0.357. The van der Waals surface area contributed by atoms with E-state index in [-0.39, 0.29) is 29.2 Å². The lowest BCUT2D eigenvalue weighted by Crippen LogP contribution is -2.33. The van der Waals surface area contributed by atoms with Crippen molar-refractivity contribution in [2.24, 2.45) is 11.1 Å². The zero-order valence-electron chi connectivity index (χ0n) is 13.0. The van der Waals surface area contributed by atoms with Crippen molar-refractivity contribution in [3.63, 3.8) is 0 Å². The van der Waals surface area contributed by atoms with E-state index in [1.807, 2.05) is 20.8 Å². The van der Waals surface area contributed by atoms with Crippen LogP contribution in [0.2, 0.25) is 0 Å². The molecule has 0 aliphatic carbocycles. The maximum atomic E-state index is 14.0. The first-order valence-electron chi connectivity index (χ1n) is 7.19. The fourth-order valence-corrected chi connectivity index (χ4v) is 2.59. The van der Waals surface area contributed by atoms with Crippen molar-refractivity contribution in [1.29, 1.82) is 0 Å². The molecule has 5 heteroatoms. The maximum absolute atomic E-state index is 14.0. The van der Waals surface area contributed by atoms with Gasteiger partial charge in [-0.2, -0.15) is 0 Å². The van der Waals surface area contributed by atoms with E-state index in [1.54, 1.807) is 0 Å². The molecular formula is C16H23FN2O2. The van der Waals surface area contributed by atoms with Gasteiger partial charge in [0.2, 0.25) is 5.91 Å². The van der Waals surface area contributed by atoms with Gasteiger partial charge in [-0.25, -0.2) is 4.39 Å². The molecule has 21 heavy (non-hydrogen) atoms. The summed E-state index contributed by atoms with van der Waals surface area (Å²) < 4.78 is 19.7. The van der Waals surface area contributed by atoms with Crippen molar-refractivity contribution in [1.82, 2.24) is 5.32 Å². The van der Waals surface area contributed by atoms with Crippen LogP contribution in [0.25, 0.3) is 0 Å². The van der Waals surface area contributed by atoms with Crippen LogP contribution in [-0.4, -0.2) is 12.5 Å². The quantitative estimate of drug-likeness (QED) is 0.881. The van der Waals surface area contributed by atoms with Crippen molar-refractivity contribution in [2.75, 3.05) is 6.61 Å². The molecule has 116 valence electrons. The first-order chi connectivity index (χ1) is 9.70. The number of benzene rings is 1. The van der Waals surface area contributed by atoms with E-state index >= 15 is 0 Å². The Balaban J connectivity index is 2.50. The normalized spacial score (nSPS) is 19.4. The number of carbonyl (C=O) groups excluding carboxylic acids is 1. The van der Waals surface area contributed by atoms with Crippen LogP contribution in [0.5, 0.6) is 5.75 Å². The van der Waals surface area contributed by atoms with Crippen molar-refractivity contribution in [3.05, 3.63) is 29.1 Å². The van der Waals surface area contributed by atoms with E-state index in [0.29, 0.717) is 29.9 Å². The predicted octanol–water partition coefficient (Wildman–Crippen LogP) is 2.83. The molecule has 3 N–H and O–H groups in total. The number of nitrogens with two attached hydrogens (primary N) is 1. The molecule has 2 unspecified atom stereocenters. The van der Waals surface area contributed by atoms with Gasteiger partial charge in [-0.15, -0.1) is 0 Å². The molecular weight excluding hydrogens is 271 g/mol. The fourth-order valence-electron chi connectivity index (χ4n) is 2.59. The Labute approximate surface area is 124 Å². The molecule has 1 heterocycles.